The molecule has 1 atom stereocenters. The van der Waals surface area contributed by atoms with Gasteiger partial charge in [0.1, 0.15) is 12.4 Å². The van der Waals surface area contributed by atoms with Crippen molar-refractivity contribution in [1.29, 1.82) is 0 Å². The second kappa shape index (κ2) is 6.20. The quantitative estimate of drug-likeness (QED) is 0.831. The maximum atomic E-state index is 11.2. The van der Waals surface area contributed by atoms with Crippen LogP contribution in [0.4, 0.5) is 0 Å². The van der Waals surface area contributed by atoms with Crippen molar-refractivity contribution in [2.24, 2.45) is 0 Å². The van der Waals surface area contributed by atoms with Crippen LogP contribution in [0.15, 0.2) is 42.7 Å². The highest BCUT2D eigenvalue weighted by atomic mass is 16.3. The number of carbonyl (C=O) groups excluding carboxylic acids is 1. The van der Waals surface area contributed by atoms with Crippen molar-refractivity contribution < 1.29 is 9.90 Å². The van der Waals surface area contributed by atoms with Crippen molar-refractivity contribution in [3.63, 3.8) is 0 Å². The molecule has 0 bridgehead atoms. The van der Waals surface area contributed by atoms with Gasteiger partial charge in [-0.2, -0.15) is 0 Å². The zero-order chi connectivity index (χ0) is 13.7. The summed E-state index contributed by atoms with van der Waals surface area (Å²) in [7, 11) is 0. The minimum absolute atomic E-state index is 0.320. The smallest absolute Gasteiger partial charge is 0.191 e. The van der Waals surface area contributed by atoms with E-state index in [-0.39, 0.29) is 5.78 Å². The van der Waals surface area contributed by atoms with E-state index < -0.39 is 6.61 Å². The van der Waals surface area contributed by atoms with Crippen LogP contribution in [-0.4, -0.2) is 27.5 Å². The lowest BCUT2D eigenvalue weighted by molar-refractivity contribution is 0.0903. The largest absolute Gasteiger partial charge is 0.388 e. The number of Topliss-reactive ketones (excluding diaryl/α,β-unsaturated/α-hetero) is 1. The Kier molecular flexibility index (Phi) is 4.36. The molecule has 1 heterocycles. The van der Waals surface area contributed by atoms with Crippen molar-refractivity contribution >= 4 is 5.78 Å². The second-order valence-corrected chi connectivity index (χ2v) is 4.49. The number of carbonyl (C=O) groups is 1. The van der Waals surface area contributed by atoms with Gasteiger partial charge in [0, 0.05) is 18.8 Å². The van der Waals surface area contributed by atoms with Crippen LogP contribution in [0.2, 0.25) is 0 Å². The average Bonchev–Trinajstić information content (AvgIpc) is 2.48. The molecule has 1 aromatic heterocycles. The van der Waals surface area contributed by atoms with Crippen LogP contribution >= 0.6 is 0 Å². The first-order chi connectivity index (χ1) is 9.20. The van der Waals surface area contributed by atoms with Crippen LogP contribution in [0, 0.1) is 0 Å². The summed E-state index contributed by atoms with van der Waals surface area (Å²) in [5.41, 5.74) is 1.58. The Bertz CT molecular complexity index is 538. The monoisotopic (exact) mass is 256 g/mol. The number of aromatic nitrogens is 2. The van der Waals surface area contributed by atoms with Crippen molar-refractivity contribution in [2.75, 3.05) is 6.61 Å². The van der Waals surface area contributed by atoms with Gasteiger partial charge in [-0.15, -0.1) is 0 Å². The Hall–Kier alpha value is -2.07. The van der Waals surface area contributed by atoms with E-state index in [2.05, 4.69) is 29.0 Å². The van der Waals surface area contributed by atoms with E-state index in [9.17, 15) is 4.79 Å². The molecule has 0 radical (unpaired) electrons. The molecule has 4 heteroatoms. The van der Waals surface area contributed by atoms with Gasteiger partial charge in [-0.05, 0) is 11.5 Å². The average molecular weight is 256 g/mol. The highest BCUT2D eigenvalue weighted by molar-refractivity contribution is 5.96. The first-order valence-electron chi connectivity index (χ1n) is 6.20. The summed E-state index contributed by atoms with van der Waals surface area (Å²) in [6, 6.07) is 10.2. The normalized spacial score (nSPS) is 12.1. The molecule has 1 aromatic carbocycles. The number of nitrogens with zero attached hydrogens (tertiary/aromatic N) is 2. The molecule has 0 fully saturated rings. The summed E-state index contributed by atoms with van der Waals surface area (Å²) < 4.78 is 0. The lowest BCUT2D eigenvalue weighted by atomic mass is 9.97. The molecule has 0 amide bonds. The molecule has 4 nitrogen and oxygen atoms in total. The first-order valence-corrected chi connectivity index (χ1v) is 6.20. The fraction of sp³-hybridized carbons (Fsp3) is 0.267. The molecule has 0 aliphatic rings. The lowest BCUT2D eigenvalue weighted by Crippen LogP contribution is -2.08. The molecule has 0 saturated carbocycles. The number of aliphatic hydroxyl groups excluding tert-OH is 1. The summed E-state index contributed by atoms with van der Waals surface area (Å²) in [5, 5.41) is 8.75. The Labute approximate surface area is 112 Å². The molecule has 0 saturated heterocycles. The topological polar surface area (TPSA) is 63.1 Å². The van der Waals surface area contributed by atoms with Gasteiger partial charge in [0.05, 0.1) is 5.56 Å². The maximum absolute atomic E-state index is 11.2. The third-order valence-electron chi connectivity index (χ3n) is 3.03. The number of ketones is 1. The fourth-order valence-electron chi connectivity index (χ4n) is 1.87. The Morgan fingerprint density at radius 2 is 1.84 bits per heavy atom. The van der Waals surface area contributed by atoms with Gasteiger partial charge < -0.3 is 5.11 Å². The van der Waals surface area contributed by atoms with Crippen molar-refractivity contribution in [1.82, 2.24) is 9.97 Å². The van der Waals surface area contributed by atoms with Gasteiger partial charge in [0.2, 0.25) is 0 Å². The van der Waals surface area contributed by atoms with Crippen molar-refractivity contribution in [2.45, 2.75) is 19.3 Å². The summed E-state index contributed by atoms with van der Waals surface area (Å²) >= 11 is 0. The second-order valence-electron chi connectivity index (χ2n) is 4.49. The van der Waals surface area contributed by atoms with Crippen LogP contribution in [0.1, 0.15) is 34.6 Å². The van der Waals surface area contributed by atoms with Gasteiger partial charge in [-0.25, -0.2) is 9.97 Å². The summed E-state index contributed by atoms with van der Waals surface area (Å²) in [4.78, 5) is 19.6. The lowest BCUT2D eigenvalue weighted by Gasteiger charge is -2.10. The van der Waals surface area contributed by atoms with E-state index in [0.717, 1.165) is 6.42 Å². The predicted octanol–water partition coefficient (Wildman–Crippen LogP) is 2.00. The molecule has 19 heavy (non-hydrogen) atoms. The molecule has 0 unspecified atom stereocenters. The van der Waals surface area contributed by atoms with Gasteiger partial charge in [0.25, 0.3) is 0 Å². The molecule has 2 aromatic rings. The number of benzene rings is 1. The zero-order valence-corrected chi connectivity index (χ0v) is 10.8. The number of hydrogen-bond donors (Lipinski definition) is 1. The van der Waals surface area contributed by atoms with Crippen LogP contribution in [0.5, 0.6) is 0 Å². The number of aliphatic hydroxyl groups is 1. The van der Waals surface area contributed by atoms with Gasteiger partial charge in [-0.3, -0.25) is 4.79 Å². The highest BCUT2D eigenvalue weighted by Crippen LogP contribution is 2.18. The summed E-state index contributed by atoms with van der Waals surface area (Å²) in [6.07, 6.45) is 3.66. The van der Waals surface area contributed by atoms with Crippen molar-refractivity contribution in [3.05, 3.63) is 59.7 Å². The van der Waals surface area contributed by atoms with Gasteiger partial charge in [0.15, 0.2) is 5.78 Å². The van der Waals surface area contributed by atoms with E-state index in [1.165, 1.54) is 18.0 Å². The highest BCUT2D eigenvalue weighted by Gasteiger charge is 2.10. The van der Waals surface area contributed by atoms with Crippen LogP contribution in [0.25, 0.3) is 0 Å². The third kappa shape index (κ3) is 3.45. The summed E-state index contributed by atoms with van der Waals surface area (Å²) in [5.74, 6) is 0.661. The molecule has 0 aliphatic carbocycles. The maximum Gasteiger partial charge on any atom is 0.191 e. The molecular formula is C15H16N2O2. The van der Waals surface area contributed by atoms with E-state index in [0.29, 0.717) is 17.3 Å². The Morgan fingerprint density at radius 1 is 1.21 bits per heavy atom. The first kappa shape index (κ1) is 13.4. The predicted molar refractivity (Wildman–Crippen MR) is 72.0 cm³/mol. The fourth-order valence-corrected chi connectivity index (χ4v) is 1.87. The van der Waals surface area contributed by atoms with Crippen LogP contribution in [0.3, 0.4) is 0 Å². The van der Waals surface area contributed by atoms with E-state index in [1.54, 1.807) is 0 Å². The number of rotatable bonds is 5. The Balaban J connectivity index is 2.06. The van der Waals surface area contributed by atoms with E-state index >= 15 is 0 Å². The number of hydrogen-bond acceptors (Lipinski definition) is 4. The minimum atomic E-state index is -0.511. The van der Waals surface area contributed by atoms with E-state index in [4.69, 9.17) is 5.11 Å². The SMILES string of the molecule is C[C@H](Cc1ncc(C(=O)CO)cn1)c1ccccc1. The molecule has 98 valence electrons. The summed E-state index contributed by atoms with van der Waals surface area (Å²) in [6.45, 7) is 1.61. The molecule has 0 spiro atoms. The van der Waals surface area contributed by atoms with Gasteiger partial charge >= 0.3 is 0 Å². The molecular weight excluding hydrogens is 240 g/mol. The minimum Gasteiger partial charge on any atom is -0.388 e. The molecule has 2 rings (SSSR count). The van der Waals surface area contributed by atoms with Crippen LogP contribution < -0.4 is 0 Å². The van der Waals surface area contributed by atoms with E-state index in [1.807, 2.05) is 18.2 Å². The standard InChI is InChI=1S/C15H16N2O2/c1-11(12-5-3-2-4-6-12)7-15-16-8-13(9-17-15)14(19)10-18/h2-6,8-9,11,18H,7,10H2,1H3/t11-/m1/s1. The molecule has 1 N–H and O–H groups in total. The zero-order valence-electron chi connectivity index (χ0n) is 10.8. The van der Waals surface area contributed by atoms with Crippen molar-refractivity contribution in [3.8, 4) is 0 Å². The van der Waals surface area contributed by atoms with Crippen LogP contribution in [-0.2, 0) is 6.42 Å². The Morgan fingerprint density at radius 3 is 2.42 bits per heavy atom. The third-order valence-corrected chi connectivity index (χ3v) is 3.03. The molecule has 0 aliphatic heterocycles. The van der Waals surface area contributed by atoms with Gasteiger partial charge in [-0.1, -0.05) is 37.3 Å².